The van der Waals surface area contributed by atoms with Crippen molar-refractivity contribution < 1.29 is 4.74 Å². The highest BCUT2D eigenvalue weighted by atomic mass is 16.5. The maximum atomic E-state index is 12.9. The van der Waals surface area contributed by atoms with E-state index in [1.165, 1.54) is 10.9 Å². The summed E-state index contributed by atoms with van der Waals surface area (Å²) < 4.78 is 9.98. The molecule has 0 bridgehead atoms. The van der Waals surface area contributed by atoms with Gasteiger partial charge in [-0.25, -0.2) is 9.78 Å². The van der Waals surface area contributed by atoms with Gasteiger partial charge in [-0.3, -0.25) is 13.9 Å². The smallest absolute Gasteiger partial charge is 0.332 e. The van der Waals surface area contributed by atoms with Gasteiger partial charge in [-0.15, -0.1) is 0 Å². The van der Waals surface area contributed by atoms with Crippen molar-refractivity contribution in [3.05, 3.63) is 63.1 Å². The van der Waals surface area contributed by atoms with Crippen LogP contribution in [-0.4, -0.2) is 24.8 Å². The van der Waals surface area contributed by atoms with Crippen molar-refractivity contribution in [2.75, 3.05) is 0 Å². The van der Waals surface area contributed by atoms with Crippen molar-refractivity contribution >= 4 is 11.2 Å². The Balaban J connectivity index is 1.54. The third-order valence-corrected chi connectivity index (χ3v) is 5.46. The average molecular weight is 379 g/mol. The molecule has 8 nitrogen and oxygen atoms in total. The van der Waals surface area contributed by atoms with Crippen LogP contribution in [0.15, 0.2) is 46.2 Å². The van der Waals surface area contributed by atoms with Gasteiger partial charge >= 0.3 is 5.69 Å². The first-order valence-electron chi connectivity index (χ1n) is 9.12. The Morgan fingerprint density at radius 3 is 2.64 bits per heavy atom. The Kier molecular flexibility index (Phi) is 4.40. The van der Waals surface area contributed by atoms with Gasteiger partial charge in [0.25, 0.3) is 5.56 Å². The molecule has 8 heteroatoms. The van der Waals surface area contributed by atoms with E-state index in [9.17, 15) is 14.9 Å². The first-order valence-corrected chi connectivity index (χ1v) is 9.12. The minimum atomic E-state index is -0.774. The summed E-state index contributed by atoms with van der Waals surface area (Å²) in [5.74, 6) is 0. The van der Waals surface area contributed by atoms with E-state index in [0.717, 1.165) is 10.1 Å². The Hall–Kier alpha value is -3.18. The molecule has 0 amide bonds. The van der Waals surface area contributed by atoms with Crippen LogP contribution < -0.4 is 11.2 Å². The molecule has 1 fully saturated rings. The van der Waals surface area contributed by atoms with Crippen LogP contribution in [0.5, 0.6) is 0 Å². The first kappa shape index (κ1) is 18.2. The van der Waals surface area contributed by atoms with Crippen molar-refractivity contribution in [3.8, 4) is 6.07 Å². The number of rotatable bonds is 5. The number of aromatic nitrogens is 4. The van der Waals surface area contributed by atoms with E-state index in [-0.39, 0.29) is 12.6 Å². The predicted octanol–water partition coefficient (Wildman–Crippen LogP) is 1.32. The number of imidazole rings is 1. The van der Waals surface area contributed by atoms with Crippen LogP contribution in [0, 0.1) is 16.7 Å². The number of hydrogen-bond donors (Lipinski definition) is 0. The van der Waals surface area contributed by atoms with Gasteiger partial charge in [0.05, 0.1) is 30.5 Å². The monoisotopic (exact) mass is 379 g/mol. The Morgan fingerprint density at radius 1 is 1.25 bits per heavy atom. The lowest BCUT2D eigenvalue weighted by Crippen LogP contribution is -2.50. The molecule has 1 aromatic carbocycles. The molecule has 1 aliphatic carbocycles. The molecule has 3 aromatic rings. The Labute approximate surface area is 161 Å². The van der Waals surface area contributed by atoms with Crippen LogP contribution >= 0.6 is 0 Å². The number of nitrogens with zero attached hydrogens (tertiary/aromatic N) is 5. The zero-order chi connectivity index (χ0) is 19.9. The number of fused-ring (bicyclic) bond motifs is 1. The summed E-state index contributed by atoms with van der Waals surface area (Å²) in [5.41, 5.74) is 0.122. The van der Waals surface area contributed by atoms with E-state index in [0.29, 0.717) is 30.6 Å². The molecule has 0 radical (unpaired) electrons. The van der Waals surface area contributed by atoms with Gasteiger partial charge in [0, 0.05) is 20.6 Å². The van der Waals surface area contributed by atoms with Gasteiger partial charge in [0.2, 0.25) is 0 Å². The van der Waals surface area contributed by atoms with E-state index in [1.807, 2.05) is 30.3 Å². The summed E-state index contributed by atoms with van der Waals surface area (Å²) in [6.45, 7) is 0.539. The number of ether oxygens (including phenoxy) is 1. The zero-order valence-electron chi connectivity index (χ0n) is 15.8. The molecule has 0 aliphatic heterocycles. The molecule has 4 rings (SSSR count). The fourth-order valence-electron chi connectivity index (χ4n) is 3.81. The van der Waals surface area contributed by atoms with Crippen LogP contribution in [0.1, 0.15) is 18.4 Å². The summed E-state index contributed by atoms with van der Waals surface area (Å²) in [7, 11) is 3.29. The first-order chi connectivity index (χ1) is 13.4. The van der Waals surface area contributed by atoms with Crippen molar-refractivity contribution in [2.24, 2.45) is 19.5 Å². The highest BCUT2D eigenvalue weighted by Gasteiger charge is 2.46. The summed E-state index contributed by atoms with van der Waals surface area (Å²) in [6.07, 6.45) is 2.44. The van der Waals surface area contributed by atoms with Crippen LogP contribution in [0.4, 0.5) is 0 Å². The topological polar surface area (TPSA) is 94.8 Å². The third-order valence-electron chi connectivity index (χ3n) is 5.46. The van der Waals surface area contributed by atoms with E-state index in [1.54, 1.807) is 18.7 Å². The van der Waals surface area contributed by atoms with E-state index in [4.69, 9.17) is 4.74 Å². The second-order valence-corrected chi connectivity index (χ2v) is 7.48. The van der Waals surface area contributed by atoms with Crippen LogP contribution in [0.2, 0.25) is 0 Å². The highest BCUT2D eigenvalue weighted by molar-refractivity contribution is 5.69. The lowest BCUT2D eigenvalue weighted by atomic mass is 9.67. The molecular weight excluding hydrogens is 358 g/mol. The lowest BCUT2D eigenvalue weighted by Gasteiger charge is -2.42. The number of nitriles is 1. The maximum Gasteiger partial charge on any atom is 0.332 e. The van der Waals surface area contributed by atoms with E-state index >= 15 is 0 Å². The molecule has 2 heterocycles. The molecule has 144 valence electrons. The normalized spacial score (nSPS) is 21.4. The summed E-state index contributed by atoms with van der Waals surface area (Å²) in [4.78, 5) is 29.7. The van der Waals surface area contributed by atoms with Gasteiger partial charge in [0.15, 0.2) is 11.2 Å². The minimum Gasteiger partial charge on any atom is -0.373 e. The summed E-state index contributed by atoms with van der Waals surface area (Å²) >= 11 is 0. The largest absolute Gasteiger partial charge is 0.373 e. The summed E-state index contributed by atoms with van der Waals surface area (Å²) in [6, 6.07) is 12.1. The van der Waals surface area contributed by atoms with E-state index < -0.39 is 16.7 Å². The quantitative estimate of drug-likeness (QED) is 0.666. The van der Waals surface area contributed by atoms with Crippen molar-refractivity contribution in [1.29, 1.82) is 5.26 Å². The van der Waals surface area contributed by atoms with Crippen LogP contribution in [0.25, 0.3) is 11.2 Å². The molecule has 0 N–H and O–H groups in total. The molecule has 1 aliphatic rings. The number of benzene rings is 1. The predicted molar refractivity (Wildman–Crippen MR) is 103 cm³/mol. The van der Waals surface area contributed by atoms with Crippen molar-refractivity contribution in [2.45, 2.75) is 32.1 Å². The molecule has 2 aromatic heterocycles. The fraction of sp³-hybridized carbons (Fsp3) is 0.400. The maximum absolute atomic E-state index is 12.9. The second-order valence-electron chi connectivity index (χ2n) is 7.48. The van der Waals surface area contributed by atoms with Crippen molar-refractivity contribution in [3.63, 3.8) is 0 Å². The Bertz CT molecular complexity index is 1180. The summed E-state index contributed by atoms with van der Waals surface area (Å²) in [5, 5.41) is 9.73. The number of aryl methyl sites for hydroxylation is 2. The molecular formula is C20H21N5O3. The third kappa shape index (κ3) is 2.94. The fourth-order valence-corrected chi connectivity index (χ4v) is 3.81. The second kappa shape index (κ2) is 6.77. The SMILES string of the molecule is Cn1cnc2c1c(=O)n(CC1(C#N)CC(OCc3ccccc3)C1)c(=O)n2C. The molecule has 0 saturated heterocycles. The number of hydrogen-bond acceptors (Lipinski definition) is 5. The van der Waals surface area contributed by atoms with Crippen LogP contribution in [0.3, 0.4) is 0 Å². The van der Waals surface area contributed by atoms with Crippen molar-refractivity contribution in [1.82, 2.24) is 18.7 Å². The molecule has 0 spiro atoms. The molecule has 1 saturated carbocycles. The highest BCUT2D eigenvalue weighted by Crippen LogP contribution is 2.43. The standard InChI is InChI=1S/C20H21N5O3/c1-23-13-22-17-16(23)18(26)25(19(27)24(17)2)12-20(11-21)8-15(9-20)28-10-14-6-4-3-5-7-14/h3-7,13,15H,8-10,12H2,1-2H3. The Morgan fingerprint density at radius 2 is 1.96 bits per heavy atom. The average Bonchev–Trinajstić information content (AvgIpc) is 3.07. The molecule has 28 heavy (non-hydrogen) atoms. The van der Waals surface area contributed by atoms with Gasteiger partial charge in [-0.2, -0.15) is 5.26 Å². The van der Waals surface area contributed by atoms with Gasteiger partial charge in [0.1, 0.15) is 0 Å². The van der Waals surface area contributed by atoms with E-state index in [2.05, 4.69) is 11.1 Å². The van der Waals surface area contributed by atoms with Gasteiger partial charge in [-0.05, 0) is 18.4 Å². The van der Waals surface area contributed by atoms with Crippen LogP contribution in [-0.2, 0) is 32.0 Å². The van der Waals surface area contributed by atoms with Gasteiger partial charge in [-0.1, -0.05) is 30.3 Å². The minimum absolute atomic E-state index is 0.0557. The molecule has 0 atom stereocenters. The molecule has 0 unspecified atom stereocenters. The zero-order valence-corrected chi connectivity index (χ0v) is 15.8. The lowest BCUT2D eigenvalue weighted by molar-refractivity contribution is -0.0718. The van der Waals surface area contributed by atoms with Gasteiger partial charge < -0.3 is 9.30 Å².